The number of phenolic OH excluding ortho intramolecular Hbond substituents is 3. The van der Waals surface area contributed by atoms with Crippen LogP contribution in [0.1, 0.15) is 42.0 Å². The number of carbonyl (C=O) groups excluding carboxylic acids is 3. The molecule has 0 spiro atoms. The number of amides is 3. The number of nitrogens with one attached hydrogen (secondary N) is 2. The highest BCUT2D eigenvalue weighted by Gasteiger charge is 2.71. The van der Waals surface area contributed by atoms with Gasteiger partial charge in [-0.3, -0.25) is 19.8 Å². The third-order valence-corrected chi connectivity index (χ3v) is 9.55. The predicted octanol–water partition coefficient (Wildman–Crippen LogP) is -4.98. The Hall–Kier alpha value is -5.25. The summed E-state index contributed by atoms with van der Waals surface area (Å²) >= 11 is 0. The summed E-state index contributed by atoms with van der Waals surface area (Å²) in [4.78, 5) is 39.6. The molecular formula is C36H45N3O20. The van der Waals surface area contributed by atoms with Crippen molar-refractivity contribution < 1.29 is 101 Å². The maximum absolute atomic E-state index is 13.6. The number of ether oxygens (including phenoxy) is 1. The van der Waals surface area contributed by atoms with E-state index in [1.54, 1.807) is 60.7 Å². The van der Waals surface area contributed by atoms with E-state index < -0.39 is 119 Å². The molecule has 4 rings (SSSR count). The molecule has 324 valence electrons. The average Bonchev–Trinajstić information content (AvgIpc) is 3.11. The number of nitrogens with zero attached hydrogens (tertiary/aromatic N) is 1. The molecule has 23 heteroatoms. The van der Waals surface area contributed by atoms with E-state index in [2.05, 4.69) is 5.32 Å². The molecule has 0 aliphatic carbocycles. The number of aliphatic hydroxyl groups excluding tert-OH is 1. The number of hydrogen-bond acceptors (Lipinski definition) is 20. The molecule has 1 aliphatic rings. The number of benzene rings is 3. The van der Waals surface area contributed by atoms with Gasteiger partial charge in [-0.05, 0) is 43.2 Å². The molecule has 3 aromatic rings. The van der Waals surface area contributed by atoms with E-state index in [-0.39, 0.29) is 24.2 Å². The highest BCUT2D eigenvalue weighted by atomic mass is 16.7. The Morgan fingerprint density at radius 2 is 1.25 bits per heavy atom. The largest absolute Gasteiger partial charge is 0.504 e. The Balaban J connectivity index is 1.64. The van der Waals surface area contributed by atoms with Crippen LogP contribution in [0.4, 0.5) is 4.79 Å². The van der Waals surface area contributed by atoms with E-state index in [1.807, 2.05) is 0 Å². The molecule has 1 fully saturated rings. The molecule has 0 radical (unpaired) electrons. The van der Waals surface area contributed by atoms with Crippen molar-refractivity contribution in [2.24, 2.45) is 5.92 Å². The Morgan fingerprint density at radius 1 is 0.780 bits per heavy atom. The van der Waals surface area contributed by atoms with Gasteiger partial charge in [-0.1, -0.05) is 60.7 Å². The number of urea groups is 1. The third kappa shape index (κ3) is 9.97. The van der Waals surface area contributed by atoms with Crippen molar-refractivity contribution in [2.75, 3.05) is 6.61 Å². The predicted molar refractivity (Wildman–Crippen MR) is 191 cm³/mol. The lowest BCUT2D eigenvalue weighted by atomic mass is 9.85. The van der Waals surface area contributed by atoms with Crippen molar-refractivity contribution >= 4 is 17.7 Å². The van der Waals surface area contributed by atoms with Crippen LogP contribution >= 0.6 is 0 Å². The quantitative estimate of drug-likeness (QED) is 0.0447. The second-order valence-electron chi connectivity index (χ2n) is 14.0. The Kier molecular flexibility index (Phi) is 13.5. The molecular weight excluding hydrogens is 794 g/mol. The van der Waals surface area contributed by atoms with Gasteiger partial charge in [0.2, 0.25) is 11.7 Å². The normalized spacial score (nSPS) is 18.3. The molecule has 59 heavy (non-hydrogen) atoms. The smallest absolute Gasteiger partial charge is 0.326 e. The number of ketones is 1. The van der Waals surface area contributed by atoms with Crippen LogP contribution in [-0.2, 0) is 34.4 Å². The summed E-state index contributed by atoms with van der Waals surface area (Å²) < 4.78 is 5.16. The van der Waals surface area contributed by atoms with Crippen LogP contribution in [-0.4, -0.2) is 147 Å². The summed E-state index contributed by atoms with van der Waals surface area (Å²) in [6.45, 7) is -0.286. The van der Waals surface area contributed by atoms with E-state index in [1.165, 1.54) is 5.32 Å². The van der Waals surface area contributed by atoms with E-state index in [0.29, 0.717) is 11.1 Å². The Labute approximate surface area is 332 Å². The molecule has 1 heterocycles. The topological polar surface area (TPSA) is 411 Å². The van der Waals surface area contributed by atoms with Crippen molar-refractivity contribution in [2.45, 2.75) is 80.4 Å². The van der Waals surface area contributed by atoms with Crippen molar-refractivity contribution in [3.8, 4) is 23.0 Å². The standard InChI is InChI=1S/C36H45N3O20/c1-17(39-31(46)38-35(55,56)34(53,54)36(39,57)58)30(45)37-21(13-19-10-6-3-7-11-19)15-23(41)20(12-18-8-4-2-5-9-18)14-22(40)16-59-29-24(32(47,48)49)26(42)28(44)27(43)25(29)33(50,51)52/h2-11,17,20-21,23,41-44,47-58H,12-16H2,1H3,(H,37,45)(H,38,46). The molecule has 1 saturated heterocycles. The lowest BCUT2D eigenvalue weighted by molar-refractivity contribution is -0.495. The molecule has 0 aromatic heterocycles. The fourth-order valence-electron chi connectivity index (χ4n) is 6.52. The molecule has 0 bridgehead atoms. The van der Waals surface area contributed by atoms with Crippen LogP contribution in [0.25, 0.3) is 0 Å². The SMILES string of the molecule is CC(C(=O)NC(Cc1ccccc1)CC(O)C(CC(=O)COc1c(C(O)(O)O)c(O)c(O)c(O)c1C(O)(O)O)Cc1ccccc1)N1C(=O)NC(O)(O)C(O)(O)C1(O)O. The number of carbonyl (C=O) groups is 3. The maximum atomic E-state index is 13.6. The van der Waals surface area contributed by atoms with E-state index in [9.17, 15) is 96.1 Å². The Bertz CT molecular complexity index is 1940. The molecule has 1 aliphatic heterocycles. The van der Waals surface area contributed by atoms with E-state index >= 15 is 0 Å². The van der Waals surface area contributed by atoms with Crippen LogP contribution in [0.5, 0.6) is 23.0 Å². The second kappa shape index (κ2) is 17.2. The van der Waals surface area contributed by atoms with Gasteiger partial charge < -0.3 is 91.8 Å². The summed E-state index contributed by atoms with van der Waals surface area (Å²) in [6, 6.07) is 11.7. The van der Waals surface area contributed by atoms with Gasteiger partial charge in [-0.2, -0.15) is 0 Å². The molecule has 0 saturated carbocycles. The number of aromatic hydroxyl groups is 3. The monoisotopic (exact) mass is 839 g/mol. The average molecular weight is 840 g/mol. The number of hydrogen-bond donors (Lipinski definition) is 18. The minimum absolute atomic E-state index is 0.0435. The summed E-state index contributed by atoms with van der Waals surface area (Å²) in [5, 5.41) is 166. The number of aliphatic hydroxyl groups is 13. The number of phenols is 3. The van der Waals surface area contributed by atoms with Gasteiger partial charge in [-0.25, -0.2) is 4.79 Å². The molecule has 4 atom stereocenters. The van der Waals surface area contributed by atoms with Crippen LogP contribution < -0.4 is 15.4 Å². The minimum Gasteiger partial charge on any atom is -0.504 e. The van der Waals surface area contributed by atoms with Crippen LogP contribution in [0.3, 0.4) is 0 Å². The first kappa shape index (κ1) is 46.4. The van der Waals surface area contributed by atoms with Crippen LogP contribution in [0.15, 0.2) is 60.7 Å². The van der Waals surface area contributed by atoms with E-state index in [4.69, 9.17) is 4.74 Å². The fraction of sp³-hybridized carbons (Fsp3) is 0.417. The van der Waals surface area contributed by atoms with E-state index in [0.717, 1.165) is 6.92 Å². The van der Waals surface area contributed by atoms with Crippen LogP contribution in [0.2, 0.25) is 0 Å². The van der Waals surface area contributed by atoms with Gasteiger partial charge >= 0.3 is 35.6 Å². The van der Waals surface area contributed by atoms with Crippen molar-refractivity contribution in [3.05, 3.63) is 82.9 Å². The van der Waals surface area contributed by atoms with Gasteiger partial charge in [0.15, 0.2) is 17.3 Å². The first-order valence-corrected chi connectivity index (χ1v) is 17.4. The van der Waals surface area contributed by atoms with Crippen molar-refractivity contribution in [3.63, 3.8) is 0 Å². The summed E-state index contributed by atoms with van der Waals surface area (Å²) in [6.07, 6.45) is -2.62. The highest BCUT2D eigenvalue weighted by Crippen LogP contribution is 2.52. The molecule has 3 amide bonds. The second-order valence-corrected chi connectivity index (χ2v) is 14.0. The summed E-state index contributed by atoms with van der Waals surface area (Å²) in [5.41, 5.74) is -2.11. The van der Waals surface area contributed by atoms with Crippen molar-refractivity contribution in [1.29, 1.82) is 0 Å². The lowest BCUT2D eigenvalue weighted by Crippen LogP contribution is -2.86. The zero-order valence-corrected chi connectivity index (χ0v) is 30.9. The van der Waals surface area contributed by atoms with Crippen LogP contribution in [0, 0.1) is 5.92 Å². The first-order valence-electron chi connectivity index (χ1n) is 17.4. The molecule has 23 nitrogen and oxygen atoms in total. The highest BCUT2D eigenvalue weighted by molar-refractivity contribution is 5.88. The van der Waals surface area contributed by atoms with Gasteiger partial charge in [0.1, 0.15) is 29.5 Å². The zero-order valence-electron chi connectivity index (χ0n) is 30.9. The van der Waals surface area contributed by atoms with Gasteiger partial charge in [0.05, 0.1) is 6.10 Å². The molecule has 18 N–H and O–H groups in total. The van der Waals surface area contributed by atoms with Gasteiger partial charge in [-0.15, -0.1) is 0 Å². The zero-order chi connectivity index (χ0) is 44.5. The fourth-order valence-corrected chi connectivity index (χ4v) is 6.52. The third-order valence-electron chi connectivity index (χ3n) is 9.55. The minimum atomic E-state index is -4.27. The van der Waals surface area contributed by atoms with Gasteiger partial charge in [0.25, 0.3) is 0 Å². The molecule has 4 unspecified atom stereocenters. The lowest BCUT2D eigenvalue weighted by Gasteiger charge is -2.52. The summed E-state index contributed by atoms with van der Waals surface area (Å²) in [5.74, 6) is -30.4. The number of Topliss-reactive ketones (excluding diaryl/α,β-unsaturated/α-hetero) is 1. The van der Waals surface area contributed by atoms with Gasteiger partial charge in [0, 0.05) is 12.5 Å². The maximum Gasteiger partial charge on any atom is 0.326 e. The summed E-state index contributed by atoms with van der Waals surface area (Å²) in [7, 11) is 0. The van der Waals surface area contributed by atoms with Crippen molar-refractivity contribution in [1.82, 2.24) is 15.5 Å². The number of rotatable bonds is 17. The first-order chi connectivity index (χ1) is 27.1. The molecule has 3 aromatic carbocycles. The Morgan fingerprint density at radius 3 is 1.73 bits per heavy atom.